The van der Waals surface area contributed by atoms with E-state index in [1.807, 2.05) is 54.6 Å². The molecule has 0 saturated heterocycles. The van der Waals surface area contributed by atoms with E-state index in [1.54, 1.807) is 0 Å². The first kappa shape index (κ1) is 18.0. The van der Waals surface area contributed by atoms with Gasteiger partial charge in [-0.1, -0.05) is 62.0 Å². The smallest absolute Gasteiger partial charge is 0.291 e. The fourth-order valence-electron chi connectivity index (χ4n) is 2.28. The van der Waals surface area contributed by atoms with Crippen LogP contribution < -0.4 is 10.7 Å². The Balaban J connectivity index is 0.00000225. The van der Waals surface area contributed by atoms with E-state index in [4.69, 9.17) is 4.42 Å². The minimum absolute atomic E-state index is 0. The van der Waals surface area contributed by atoms with Crippen molar-refractivity contribution < 1.29 is 14.3 Å². The Hall–Kier alpha value is -3.34. The number of amides is 1. The van der Waals surface area contributed by atoms with Crippen molar-refractivity contribution in [2.75, 3.05) is 0 Å². The SMILES string of the molecule is C.O=C(NCc1ccc(-c2ccccc2)cc1)c1occc(=O)c1O. The third-order valence-electron chi connectivity index (χ3n) is 3.57. The molecule has 128 valence electrons. The van der Waals surface area contributed by atoms with Crippen molar-refractivity contribution in [1.29, 1.82) is 0 Å². The van der Waals surface area contributed by atoms with Gasteiger partial charge in [0.05, 0.1) is 6.26 Å². The molecular formula is C20H19NO4. The van der Waals surface area contributed by atoms with Crippen molar-refractivity contribution in [3.05, 3.63) is 88.5 Å². The van der Waals surface area contributed by atoms with Crippen molar-refractivity contribution in [2.24, 2.45) is 0 Å². The zero-order valence-corrected chi connectivity index (χ0v) is 12.7. The highest BCUT2D eigenvalue weighted by Gasteiger charge is 2.16. The van der Waals surface area contributed by atoms with Gasteiger partial charge in [0.1, 0.15) is 0 Å². The van der Waals surface area contributed by atoms with E-state index in [2.05, 4.69) is 5.32 Å². The standard InChI is InChI=1S/C19H15NO4.CH4/c21-16-10-11-24-18(17(16)22)19(23)20-12-13-6-8-15(9-7-13)14-4-2-1-3-5-14;/h1-11,22H,12H2,(H,20,23);1H4. The van der Waals surface area contributed by atoms with Gasteiger partial charge < -0.3 is 14.8 Å². The van der Waals surface area contributed by atoms with Gasteiger partial charge >= 0.3 is 0 Å². The first-order chi connectivity index (χ1) is 11.6. The summed E-state index contributed by atoms with van der Waals surface area (Å²) in [5.74, 6) is -1.71. The molecule has 1 heterocycles. The molecular weight excluding hydrogens is 318 g/mol. The molecule has 2 aromatic carbocycles. The molecule has 3 rings (SSSR count). The predicted octanol–water partition coefficient (Wildman–Crippen LogP) is 3.58. The lowest BCUT2D eigenvalue weighted by molar-refractivity contribution is 0.0915. The summed E-state index contributed by atoms with van der Waals surface area (Å²) in [6.45, 7) is 0.256. The molecule has 0 atom stereocenters. The Bertz CT molecular complexity index is 899. The molecule has 3 aromatic rings. The van der Waals surface area contributed by atoms with E-state index < -0.39 is 17.1 Å². The van der Waals surface area contributed by atoms with Gasteiger partial charge in [0.25, 0.3) is 5.91 Å². The molecule has 0 spiro atoms. The Labute approximate surface area is 145 Å². The van der Waals surface area contributed by atoms with E-state index in [0.717, 1.165) is 29.0 Å². The number of carbonyl (C=O) groups is 1. The molecule has 1 aromatic heterocycles. The average Bonchev–Trinajstić information content (AvgIpc) is 2.63. The second-order valence-corrected chi connectivity index (χ2v) is 5.21. The molecule has 5 nitrogen and oxygen atoms in total. The molecule has 0 bridgehead atoms. The second-order valence-electron chi connectivity index (χ2n) is 5.21. The fraction of sp³-hybridized carbons (Fsp3) is 0.100. The van der Waals surface area contributed by atoms with Crippen LogP contribution in [0.2, 0.25) is 0 Å². The molecule has 0 radical (unpaired) electrons. The van der Waals surface area contributed by atoms with Crippen LogP contribution >= 0.6 is 0 Å². The number of benzene rings is 2. The molecule has 0 fully saturated rings. The number of rotatable bonds is 4. The van der Waals surface area contributed by atoms with Gasteiger partial charge in [-0.25, -0.2) is 0 Å². The predicted molar refractivity (Wildman–Crippen MR) is 96.4 cm³/mol. The van der Waals surface area contributed by atoms with Gasteiger partial charge in [0.15, 0.2) is 0 Å². The number of nitrogens with one attached hydrogen (secondary N) is 1. The Morgan fingerprint density at radius 2 is 1.60 bits per heavy atom. The van der Waals surface area contributed by atoms with Crippen molar-refractivity contribution in [1.82, 2.24) is 5.32 Å². The van der Waals surface area contributed by atoms with Crippen LogP contribution in [-0.2, 0) is 6.54 Å². The summed E-state index contributed by atoms with van der Waals surface area (Å²) in [4.78, 5) is 23.3. The number of carbonyl (C=O) groups excluding carboxylic acids is 1. The van der Waals surface area contributed by atoms with E-state index in [-0.39, 0.29) is 19.7 Å². The summed E-state index contributed by atoms with van der Waals surface area (Å²) in [6, 6.07) is 18.8. The molecule has 0 aliphatic carbocycles. The van der Waals surface area contributed by atoms with Gasteiger partial charge in [-0.3, -0.25) is 9.59 Å². The highest BCUT2D eigenvalue weighted by Crippen LogP contribution is 2.19. The van der Waals surface area contributed by atoms with Crippen LogP contribution in [-0.4, -0.2) is 11.0 Å². The highest BCUT2D eigenvalue weighted by atomic mass is 16.4. The number of hydrogen-bond acceptors (Lipinski definition) is 4. The molecule has 1 amide bonds. The summed E-state index contributed by atoms with van der Waals surface area (Å²) in [5.41, 5.74) is 2.43. The number of aromatic hydroxyl groups is 1. The normalized spacial score (nSPS) is 9.92. The maximum atomic E-state index is 12.0. The van der Waals surface area contributed by atoms with E-state index in [0.29, 0.717) is 0 Å². The van der Waals surface area contributed by atoms with E-state index >= 15 is 0 Å². The largest absolute Gasteiger partial charge is 0.501 e. The summed E-state index contributed by atoms with van der Waals surface area (Å²) in [5, 5.41) is 12.2. The van der Waals surface area contributed by atoms with Crippen LogP contribution in [0.25, 0.3) is 11.1 Å². The summed E-state index contributed by atoms with van der Waals surface area (Å²) >= 11 is 0. The van der Waals surface area contributed by atoms with Crippen LogP contribution in [0.4, 0.5) is 0 Å². The topological polar surface area (TPSA) is 79.5 Å². The quantitative estimate of drug-likeness (QED) is 0.762. The fourth-order valence-corrected chi connectivity index (χ4v) is 2.28. The Kier molecular flexibility index (Phi) is 5.74. The zero-order chi connectivity index (χ0) is 16.9. The molecule has 2 N–H and O–H groups in total. The summed E-state index contributed by atoms with van der Waals surface area (Å²) in [7, 11) is 0. The first-order valence-corrected chi connectivity index (χ1v) is 7.38. The van der Waals surface area contributed by atoms with Crippen molar-refractivity contribution in [3.63, 3.8) is 0 Å². The molecule has 0 aliphatic heterocycles. The van der Waals surface area contributed by atoms with Crippen LogP contribution in [0.1, 0.15) is 23.5 Å². The van der Waals surface area contributed by atoms with Gasteiger partial charge in [-0.2, -0.15) is 0 Å². The van der Waals surface area contributed by atoms with Crippen LogP contribution in [0.5, 0.6) is 5.75 Å². The Morgan fingerprint density at radius 3 is 2.28 bits per heavy atom. The summed E-state index contributed by atoms with van der Waals surface area (Å²) in [6.07, 6.45) is 1.08. The van der Waals surface area contributed by atoms with Crippen LogP contribution in [0.3, 0.4) is 0 Å². The van der Waals surface area contributed by atoms with Crippen LogP contribution in [0.15, 0.2) is 76.1 Å². The van der Waals surface area contributed by atoms with Crippen molar-refractivity contribution >= 4 is 5.91 Å². The maximum Gasteiger partial charge on any atom is 0.291 e. The minimum atomic E-state index is -0.686. The van der Waals surface area contributed by atoms with Gasteiger partial charge in [-0.15, -0.1) is 0 Å². The van der Waals surface area contributed by atoms with Crippen molar-refractivity contribution in [3.8, 4) is 16.9 Å². The van der Waals surface area contributed by atoms with Crippen LogP contribution in [0, 0.1) is 0 Å². The zero-order valence-electron chi connectivity index (χ0n) is 12.7. The second kappa shape index (κ2) is 7.97. The van der Waals surface area contributed by atoms with Gasteiger partial charge in [0.2, 0.25) is 16.9 Å². The monoisotopic (exact) mass is 337 g/mol. The molecule has 0 saturated carbocycles. The minimum Gasteiger partial charge on any atom is -0.501 e. The third-order valence-corrected chi connectivity index (χ3v) is 3.57. The first-order valence-electron chi connectivity index (χ1n) is 7.38. The van der Waals surface area contributed by atoms with Crippen molar-refractivity contribution in [2.45, 2.75) is 14.0 Å². The lowest BCUT2D eigenvalue weighted by Gasteiger charge is -2.07. The maximum absolute atomic E-state index is 12.0. The number of hydrogen-bond donors (Lipinski definition) is 2. The van der Waals surface area contributed by atoms with E-state index in [1.165, 1.54) is 0 Å². The average molecular weight is 337 g/mol. The lowest BCUT2D eigenvalue weighted by atomic mass is 10.0. The summed E-state index contributed by atoms with van der Waals surface area (Å²) < 4.78 is 4.90. The van der Waals surface area contributed by atoms with Gasteiger partial charge in [0, 0.05) is 12.6 Å². The van der Waals surface area contributed by atoms with Gasteiger partial charge in [-0.05, 0) is 16.7 Å². The molecule has 0 aliphatic rings. The Morgan fingerprint density at radius 1 is 0.960 bits per heavy atom. The third kappa shape index (κ3) is 4.14. The molecule has 0 unspecified atom stereocenters. The molecule has 25 heavy (non-hydrogen) atoms. The van der Waals surface area contributed by atoms with E-state index in [9.17, 15) is 14.7 Å². The highest BCUT2D eigenvalue weighted by molar-refractivity contribution is 5.93. The lowest BCUT2D eigenvalue weighted by Crippen LogP contribution is -2.24. The molecule has 5 heteroatoms.